The van der Waals surface area contributed by atoms with Crippen LogP contribution in [0.25, 0.3) is 0 Å². The summed E-state index contributed by atoms with van der Waals surface area (Å²) >= 11 is 0. The minimum Gasteiger partial charge on any atom is -0.364 e. The van der Waals surface area contributed by atoms with E-state index in [1.807, 2.05) is 6.07 Å². The normalized spacial score (nSPS) is 19.4. The first-order valence-corrected chi connectivity index (χ1v) is 5.58. The Morgan fingerprint density at radius 1 is 1.29 bits per heavy atom. The van der Waals surface area contributed by atoms with Crippen molar-refractivity contribution in [2.24, 2.45) is 0 Å². The summed E-state index contributed by atoms with van der Waals surface area (Å²) in [4.78, 5) is 0. The first-order chi connectivity index (χ1) is 6.95. The monoisotopic (exact) mass is 194 g/mol. The van der Waals surface area contributed by atoms with Crippen molar-refractivity contribution in [3.8, 4) is 0 Å². The van der Waals surface area contributed by atoms with Gasteiger partial charge in [0.25, 0.3) is 0 Å². The molecule has 3 heteroatoms. The predicted octanol–water partition coefficient (Wildman–Crippen LogP) is 2.49. The lowest BCUT2D eigenvalue weighted by molar-refractivity contribution is 0.398. The highest BCUT2D eigenvalue weighted by Crippen LogP contribution is 2.17. The summed E-state index contributed by atoms with van der Waals surface area (Å²) in [7, 11) is 0. The lowest BCUT2D eigenvalue weighted by Gasteiger charge is -2.14. The Kier molecular flexibility index (Phi) is 3.57. The van der Waals surface area contributed by atoms with Crippen LogP contribution in [0.4, 0.5) is 0 Å². The van der Waals surface area contributed by atoms with Crippen molar-refractivity contribution in [1.29, 1.82) is 0 Å². The SMILES string of the molecule is c1cc(CNC2CCCCCC2)no1. The van der Waals surface area contributed by atoms with Gasteiger partial charge in [0.1, 0.15) is 6.26 Å². The largest absolute Gasteiger partial charge is 0.364 e. The molecule has 2 rings (SSSR count). The molecule has 1 aliphatic carbocycles. The van der Waals surface area contributed by atoms with Crippen LogP contribution < -0.4 is 5.32 Å². The number of rotatable bonds is 3. The molecule has 0 spiro atoms. The fourth-order valence-corrected chi connectivity index (χ4v) is 2.06. The highest BCUT2D eigenvalue weighted by atomic mass is 16.5. The predicted molar refractivity (Wildman–Crippen MR) is 54.8 cm³/mol. The molecule has 0 atom stereocenters. The fourth-order valence-electron chi connectivity index (χ4n) is 2.06. The van der Waals surface area contributed by atoms with Crippen LogP contribution in [0.3, 0.4) is 0 Å². The Morgan fingerprint density at radius 2 is 2.07 bits per heavy atom. The van der Waals surface area contributed by atoms with Crippen molar-refractivity contribution < 1.29 is 4.52 Å². The summed E-state index contributed by atoms with van der Waals surface area (Å²) in [6, 6.07) is 2.61. The molecule has 1 aromatic heterocycles. The quantitative estimate of drug-likeness (QED) is 0.751. The summed E-state index contributed by atoms with van der Waals surface area (Å²) in [6.45, 7) is 0.848. The van der Waals surface area contributed by atoms with Crippen molar-refractivity contribution in [2.45, 2.75) is 51.1 Å². The Morgan fingerprint density at radius 3 is 2.71 bits per heavy atom. The Bertz CT molecular complexity index is 238. The maximum absolute atomic E-state index is 4.79. The van der Waals surface area contributed by atoms with Gasteiger partial charge in [-0.15, -0.1) is 0 Å². The van der Waals surface area contributed by atoms with Gasteiger partial charge in [-0.3, -0.25) is 0 Å². The van der Waals surface area contributed by atoms with E-state index in [0.29, 0.717) is 6.04 Å². The number of hydrogen-bond acceptors (Lipinski definition) is 3. The summed E-state index contributed by atoms with van der Waals surface area (Å²) in [5.41, 5.74) is 1.01. The zero-order valence-corrected chi connectivity index (χ0v) is 8.54. The van der Waals surface area contributed by atoms with Crippen LogP contribution in [-0.2, 0) is 6.54 Å². The van der Waals surface area contributed by atoms with Crippen molar-refractivity contribution >= 4 is 0 Å². The zero-order valence-electron chi connectivity index (χ0n) is 8.54. The van der Waals surface area contributed by atoms with Gasteiger partial charge in [0.05, 0.1) is 5.69 Å². The molecule has 78 valence electrons. The first kappa shape index (κ1) is 9.71. The first-order valence-electron chi connectivity index (χ1n) is 5.58. The smallest absolute Gasteiger partial charge is 0.124 e. The second-order valence-electron chi connectivity index (χ2n) is 4.06. The van der Waals surface area contributed by atoms with Crippen LogP contribution in [0.2, 0.25) is 0 Å². The molecule has 0 saturated heterocycles. The molecular weight excluding hydrogens is 176 g/mol. The van der Waals surface area contributed by atoms with E-state index in [1.54, 1.807) is 6.26 Å². The Hall–Kier alpha value is -0.830. The molecule has 1 aromatic rings. The molecule has 1 fully saturated rings. The molecule has 1 heterocycles. The van der Waals surface area contributed by atoms with Gasteiger partial charge in [-0.1, -0.05) is 30.8 Å². The van der Waals surface area contributed by atoms with Crippen LogP contribution >= 0.6 is 0 Å². The van der Waals surface area contributed by atoms with E-state index in [-0.39, 0.29) is 0 Å². The third-order valence-electron chi connectivity index (χ3n) is 2.92. The second kappa shape index (κ2) is 5.15. The van der Waals surface area contributed by atoms with Gasteiger partial charge in [0.15, 0.2) is 0 Å². The average Bonchev–Trinajstić information content (AvgIpc) is 2.58. The zero-order chi connectivity index (χ0) is 9.64. The van der Waals surface area contributed by atoms with Crippen LogP contribution in [0.5, 0.6) is 0 Å². The molecule has 0 unspecified atom stereocenters. The third kappa shape index (κ3) is 2.84. The molecule has 1 saturated carbocycles. The second-order valence-corrected chi connectivity index (χ2v) is 4.06. The molecule has 1 N–H and O–H groups in total. The number of aromatic nitrogens is 1. The third-order valence-corrected chi connectivity index (χ3v) is 2.92. The summed E-state index contributed by atoms with van der Waals surface area (Å²) in [5, 5.41) is 7.43. The summed E-state index contributed by atoms with van der Waals surface area (Å²) < 4.78 is 4.79. The van der Waals surface area contributed by atoms with Crippen LogP contribution in [0, 0.1) is 0 Å². The standard InChI is InChI=1S/C11H18N2O/c1-2-4-6-10(5-3-1)12-9-11-7-8-14-13-11/h7-8,10,12H,1-6,9H2. The molecule has 0 aromatic carbocycles. The summed E-state index contributed by atoms with van der Waals surface area (Å²) in [5.74, 6) is 0. The van der Waals surface area contributed by atoms with Gasteiger partial charge in [-0.25, -0.2) is 0 Å². The van der Waals surface area contributed by atoms with E-state index < -0.39 is 0 Å². The van der Waals surface area contributed by atoms with Crippen LogP contribution in [0.1, 0.15) is 44.2 Å². The number of nitrogens with zero attached hydrogens (tertiary/aromatic N) is 1. The van der Waals surface area contributed by atoms with Crippen molar-refractivity contribution in [2.75, 3.05) is 0 Å². The van der Waals surface area contributed by atoms with E-state index in [0.717, 1.165) is 12.2 Å². The molecule has 0 radical (unpaired) electrons. The minimum atomic E-state index is 0.689. The Balaban J connectivity index is 1.73. The van der Waals surface area contributed by atoms with Gasteiger partial charge in [0.2, 0.25) is 0 Å². The maximum atomic E-state index is 4.79. The summed E-state index contributed by atoms with van der Waals surface area (Å²) in [6.07, 6.45) is 9.82. The molecule has 0 aliphatic heterocycles. The Labute approximate surface area is 84.9 Å². The van der Waals surface area contributed by atoms with E-state index >= 15 is 0 Å². The molecule has 0 amide bonds. The molecule has 14 heavy (non-hydrogen) atoms. The van der Waals surface area contributed by atoms with E-state index in [9.17, 15) is 0 Å². The van der Waals surface area contributed by atoms with Crippen LogP contribution in [0.15, 0.2) is 16.9 Å². The molecular formula is C11H18N2O. The number of hydrogen-bond donors (Lipinski definition) is 1. The molecule has 0 bridgehead atoms. The average molecular weight is 194 g/mol. The van der Waals surface area contributed by atoms with Crippen molar-refractivity contribution in [1.82, 2.24) is 10.5 Å². The molecule has 3 nitrogen and oxygen atoms in total. The number of nitrogens with one attached hydrogen (secondary N) is 1. The van der Waals surface area contributed by atoms with E-state index in [2.05, 4.69) is 10.5 Å². The fraction of sp³-hybridized carbons (Fsp3) is 0.727. The molecule has 1 aliphatic rings. The van der Waals surface area contributed by atoms with E-state index in [4.69, 9.17) is 4.52 Å². The lowest BCUT2D eigenvalue weighted by Crippen LogP contribution is -2.27. The van der Waals surface area contributed by atoms with E-state index in [1.165, 1.54) is 38.5 Å². The van der Waals surface area contributed by atoms with Gasteiger partial charge < -0.3 is 9.84 Å². The maximum Gasteiger partial charge on any atom is 0.124 e. The van der Waals surface area contributed by atoms with Crippen molar-refractivity contribution in [3.63, 3.8) is 0 Å². The highest BCUT2D eigenvalue weighted by molar-refractivity contribution is 4.94. The lowest BCUT2D eigenvalue weighted by atomic mass is 10.1. The van der Waals surface area contributed by atoms with Gasteiger partial charge in [-0.05, 0) is 12.8 Å². The topological polar surface area (TPSA) is 38.1 Å². The highest BCUT2D eigenvalue weighted by Gasteiger charge is 2.11. The van der Waals surface area contributed by atoms with Crippen molar-refractivity contribution in [3.05, 3.63) is 18.0 Å². The van der Waals surface area contributed by atoms with Crippen LogP contribution in [-0.4, -0.2) is 11.2 Å². The minimum absolute atomic E-state index is 0.689. The van der Waals surface area contributed by atoms with Gasteiger partial charge in [0, 0.05) is 18.7 Å². The van der Waals surface area contributed by atoms with Gasteiger partial charge >= 0.3 is 0 Å². The van der Waals surface area contributed by atoms with Gasteiger partial charge in [-0.2, -0.15) is 0 Å².